The van der Waals surface area contributed by atoms with E-state index in [2.05, 4.69) is 121 Å². The van der Waals surface area contributed by atoms with E-state index in [9.17, 15) is 5.48 Å². The van der Waals surface area contributed by atoms with Gasteiger partial charge in [-0.2, -0.15) is 0 Å². The van der Waals surface area contributed by atoms with Gasteiger partial charge in [0, 0.05) is 16.6 Å². The predicted molar refractivity (Wildman–Crippen MR) is 219 cm³/mol. The number of fused-ring (bicyclic) bond motifs is 5. The summed E-state index contributed by atoms with van der Waals surface area (Å²) in [6.45, 7) is 0. The van der Waals surface area contributed by atoms with Crippen molar-refractivity contribution in [2.24, 2.45) is 0 Å². The number of rotatable bonds is 6. The average molecular weight is 666 g/mol. The molecule has 0 unspecified atom stereocenters. The van der Waals surface area contributed by atoms with Crippen molar-refractivity contribution in [1.82, 2.24) is 0 Å². The van der Waals surface area contributed by atoms with Gasteiger partial charge in [0.15, 0.2) is 0 Å². The summed E-state index contributed by atoms with van der Waals surface area (Å²) < 4.78 is 38.4. The van der Waals surface area contributed by atoms with Gasteiger partial charge in [0.05, 0.1) is 22.3 Å². The second kappa shape index (κ2) is 12.3. The molecule has 0 aromatic heterocycles. The van der Waals surface area contributed by atoms with Gasteiger partial charge in [-0.1, -0.05) is 188 Å². The monoisotopic (exact) mass is 665 g/mol. The van der Waals surface area contributed by atoms with Gasteiger partial charge in [-0.25, -0.2) is 0 Å². The van der Waals surface area contributed by atoms with Gasteiger partial charge in [0.1, 0.15) is 0 Å². The zero-order valence-corrected chi connectivity index (χ0v) is 28.3. The SMILES string of the molecule is [2H]c1c([2H])c(-c2cccc3ccccc23)c([2H])c(N(c2cccc3c2-c2ccccc2C3(c2ccccc2)c2ccccc2)c2cccc3ccccc23)c1[2H]. The van der Waals surface area contributed by atoms with Gasteiger partial charge in [0.25, 0.3) is 0 Å². The molecule has 0 saturated heterocycles. The van der Waals surface area contributed by atoms with Crippen molar-refractivity contribution >= 4 is 38.6 Å². The quantitative estimate of drug-likeness (QED) is 0.171. The molecule has 10 rings (SSSR count). The lowest BCUT2D eigenvalue weighted by atomic mass is 9.68. The van der Waals surface area contributed by atoms with E-state index in [-0.39, 0.29) is 29.9 Å². The summed E-state index contributed by atoms with van der Waals surface area (Å²) in [7, 11) is 0. The van der Waals surface area contributed by atoms with Crippen molar-refractivity contribution < 1.29 is 5.48 Å². The van der Waals surface area contributed by atoms with Crippen LogP contribution in [0.2, 0.25) is 0 Å². The summed E-state index contributed by atoms with van der Waals surface area (Å²) in [5, 5.41) is 3.83. The molecule has 0 N–H and O–H groups in total. The lowest BCUT2D eigenvalue weighted by Crippen LogP contribution is -2.28. The number of nitrogens with zero attached hydrogens (tertiary/aromatic N) is 1. The minimum absolute atomic E-state index is 0.0292. The third-order valence-electron chi connectivity index (χ3n) is 10.6. The molecule has 0 heterocycles. The van der Waals surface area contributed by atoms with Crippen LogP contribution in [0.25, 0.3) is 43.8 Å². The second-order valence-electron chi connectivity index (χ2n) is 13.3. The average Bonchev–Trinajstić information content (AvgIpc) is 3.56. The number of hydrogen-bond acceptors (Lipinski definition) is 1. The largest absolute Gasteiger partial charge is 0.309 e. The lowest BCUT2D eigenvalue weighted by Gasteiger charge is -2.34. The van der Waals surface area contributed by atoms with Crippen LogP contribution in [0.5, 0.6) is 0 Å². The summed E-state index contributed by atoms with van der Waals surface area (Å²) in [4.78, 5) is 2.03. The fourth-order valence-electron chi connectivity index (χ4n) is 8.46. The van der Waals surface area contributed by atoms with Crippen molar-refractivity contribution in [2.75, 3.05) is 4.90 Å². The molecule has 0 radical (unpaired) electrons. The Hall–Kier alpha value is -6.70. The predicted octanol–water partition coefficient (Wildman–Crippen LogP) is 13.5. The smallest absolute Gasteiger partial charge is 0.0714 e. The molecule has 244 valence electrons. The molecular formula is C51H35N. The molecule has 0 fully saturated rings. The van der Waals surface area contributed by atoms with Crippen LogP contribution in [0.3, 0.4) is 0 Å². The van der Waals surface area contributed by atoms with E-state index in [4.69, 9.17) is 0 Å². The third kappa shape index (κ3) is 4.56. The second-order valence-corrected chi connectivity index (χ2v) is 13.3. The fourth-order valence-corrected chi connectivity index (χ4v) is 8.46. The highest BCUT2D eigenvalue weighted by Gasteiger charge is 2.47. The highest BCUT2D eigenvalue weighted by Crippen LogP contribution is 2.59. The minimum Gasteiger partial charge on any atom is -0.309 e. The molecule has 52 heavy (non-hydrogen) atoms. The Morgan fingerprint density at radius 3 is 1.73 bits per heavy atom. The van der Waals surface area contributed by atoms with Crippen LogP contribution < -0.4 is 4.90 Å². The molecule has 1 aliphatic rings. The summed E-state index contributed by atoms with van der Waals surface area (Å²) in [6.07, 6.45) is 0. The Labute approximate surface area is 310 Å². The molecule has 1 aliphatic carbocycles. The van der Waals surface area contributed by atoms with Crippen LogP contribution in [-0.4, -0.2) is 0 Å². The van der Waals surface area contributed by atoms with Gasteiger partial charge in [-0.05, 0) is 79.3 Å². The van der Waals surface area contributed by atoms with Crippen LogP contribution in [0.15, 0.2) is 212 Å². The molecule has 9 aromatic carbocycles. The first kappa shape index (κ1) is 26.2. The first-order valence-corrected chi connectivity index (χ1v) is 17.7. The zero-order chi connectivity index (χ0) is 38.0. The summed E-state index contributed by atoms with van der Waals surface area (Å²) in [5.74, 6) is 0. The molecule has 1 heteroatoms. The van der Waals surface area contributed by atoms with E-state index in [0.717, 1.165) is 66.3 Å². The first-order valence-electron chi connectivity index (χ1n) is 19.7. The van der Waals surface area contributed by atoms with Crippen LogP contribution >= 0.6 is 0 Å². The van der Waals surface area contributed by atoms with Crippen LogP contribution in [-0.2, 0) is 5.41 Å². The Kier molecular flexibility index (Phi) is 6.17. The maximum Gasteiger partial charge on any atom is 0.0714 e. The summed E-state index contributed by atoms with van der Waals surface area (Å²) >= 11 is 0. The number of hydrogen-bond donors (Lipinski definition) is 0. The summed E-state index contributed by atoms with van der Waals surface area (Å²) in [6, 6.07) is 63.9. The highest BCUT2D eigenvalue weighted by atomic mass is 15.1. The minimum atomic E-state index is -0.664. The van der Waals surface area contributed by atoms with E-state index < -0.39 is 5.41 Å². The van der Waals surface area contributed by atoms with E-state index >= 15 is 0 Å². The maximum atomic E-state index is 10.1. The number of benzene rings is 9. The molecule has 0 saturated carbocycles. The van der Waals surface area contributed by atoms with E-state index in [1.165, 1.54) is 0 Å². The van der Waals surface area contributed by atoms with Gasteiger partial charge in [-0.15, -0.1) is 0 Å². The van der Waals surface area contributed by atoms with Gasteiger partial charge < -0.3 is 4.90 Å². The van der Waals surface area contributed by atoms with E-state index in [0.29, 0.717) is 11.1 Å². The topological polar surface area (TPSA) is 3.24 Å². The van der Waals surface area contributed by atoms with Crippen molar-refractivity contribution in [1.29, 1.82) is 0 Å². The molecular weight excluding hydrogens is 627 g/mol. The van der Waals surface area contributed by atoms with Crippen LogP contribution in [0.1, 0.15) is 27.7 Å². The first-order chi connectivity index (χ1) is 27.5. The molecule has 9 aromatic rings. The van der Waals surface area contributed by atoms with Gasteiger partial charge in [-0.3, -0.25) is 0 Å². The zero-order valence-electron chi connectivity index (χ0n) is 32.3. The normalized spacial score (nSPS) is 13.8. The molecule has 1 nitrogen and oxygen atoms in total. The van der Waals surface area contributed by atoms with Crippen molar-refractivity contribution in [2.45, 2.75) is 5.41 Å². The van der Waals surface area contributed by atoms with Crippen molar-refractivity contribution in [3.05, 3.63) is 234 Å². The molecule has 0 amide bonds. The summed E-state index contributed by atoms with van der Waals surface area (Å²) in [5.41, 5.74) is 8.77. The van der Waals surface area contributed by atoms with Gasteiger partial charge >= 0.3 is 0 Å². The third-order valence-corrected chi connectivity index (χ3v) is 10.6. The molecule has 0 bridgehead atoms. The van der Waals surface area contributed by atoms with Gasteiger partial charge in [0.2, 0.25) is 0 Å². The Morgan fingerprint density at radius 2 is 0.962 bits per heavy atom. The van der Waals surface area contributed by atoms with E-state index in [1.54, 1.807) is 0 Å². The lowest BCUT2D eigenvalue weighted by molar-refractivity contribution is 0.768. The fraction of sp³-hybridized carbons (Fsp3) is 0.0196. The molecule has 0 aliphatic heterocycles. The Morgan fingerprint density at radius 1 is 0.423 bits per heavy atom. The Bertz CT molecular complexity index is 2930. The highest BCUT2D eigenvalue weighted by molar-refractivity contribution is 6.04. The standard InChI is InChI=1S/C51H35N/c1-3-22-39(23-4-1)51(40-24-5-2-6-25-40)46-31-12-11-29-45(46)50-47(51)32-16-34-49(50)52(48-33-15-20-37-18-8-10-28-44(37)48)41-26-13-21-38(35-41)43-30-14-19-36-17-7-9-27-42(36)43/h1-35H/i13D,21D,26D,35D. The maximum absolute atomic E-state index is 10.1. The van der Waals surface area contributed by atoms with E-state index in [1.807, 2.05) is 71.6 Å². The van der Waals surface area contributed by atoms with Crippen LogP contribution in [0, 0.1) is 0 Å². The van der Waals surface area contributed by atoms with Crippen molar-refractivity contribution in [3.8, 4) is 22.3 Å². The molecule has 0 spiro atoms. The molecule has 0 atom stereocenters. The van der Waals surface area contributed by atoms with Crippen molar-refractivity contribution in [3.63, 3.8) is 0 Å². The van der Waals surface area contributed by atoms with Crippen LogP contribution in [0.4, 0.5) is 17.1 Å². The number of anilines is 3. The Balaban J connectivity index is 1.36.